The third-order valence-electron chi connectivity index (χ3n) is 5.11. The molecule has 5 nitrogen and oxygen atoms in total. The predicted molar refractivity (Wildman–Crippen MR) is 82.8 cm³/mol. The van der Waals surface area contributed by atoms with Gasteiger partial charge >= 0.3 is 5.97 Å². The Bertz CT molecular complexity index is 653. The van der Waals surface area contributed by atoms with Crippen molar-refractivity contribution in [2.75, 3.05) is 6.67 Å². The standard InChI is InChI=1S/C16H18FNO4S/c1-15(2)16(14(20)21,8-10-6-4-3-5-7-10)18-12(19)11(9-17)13(18)23(15)22/h3-7,11,13H,8-9H2,1-2H3,(H,20,21)/t11-,13-,16+,23?/m1/s1. The molecule has 7 heteroatoms. The van der Waals surface area contributed by atoms with Gasteiger partial charge in [-0.05, 0) is 30.6 Å². The van der Waals surface area contributed by atoms with Gasteiger partial charge in [-0.25, -0.2) is 9.18 Å². The molecule has 0 aromatic heterocycles. The van der Waals surface area contributed by atoms with Gasteiger partial charge in [-0.2, -0.15) is 0 Å². The van der Waals surface area contributed by atoms with Gasteiger partial charge in [0.15, 0.2) is 10.3 Å². The lowest BCUT2D eigenvalue weighted by molar-refractivity contribution is -0.175. The van der Waals surface area contributed by atoms with Gasteiger partial charge in [0.25, 0.3) is 0 Å². The summed E-state index contributed by atoms with van der Waals surface area (Å²) in [5.74, 6) is -2.75. The number of hydrogen-bond donors (Lipinski definition) is 1. The number of carbonyl (C=O) groups is 2. The summed E-state index contributed by atoms with van der Waals surface area (Å²) in [5, 5.41) is 9.10. The normalized spacial score (nSPS) is 34.9. The number of amides is 1. The maximum absolute atomic E-state index is 13.1. The van der Waals surface area contributed by atoms with Crippen molar-refractivity contribution < 1.29 is 23.6 Å². The molecule has 1 unspecified atom stereocenters. The van der Waals surface area contributed by atoms with Crippen molar-refractivity contribution in [3.8, 4) is 0 Å². The SMILES string of the molecule is CC1(C)[S+]([O-])[C@@H]2[C@H](CF)C(=O)N2[C@@]1(Cc1ccccc1)C(=O)O. The maximum Gasteiger partial charge on any atom is 0.335 e. The molecular weight excluding hydrogens is 321 g/mol. The Morgan fingerprint density at radius 2 is 2.00 bits per heavy atom. The number of halogens is 1. The highest BCUT2D eigenvalue weighted by Crippen LogP contribution is 2.55. The van der Waals surface area contributed by atoms with Gasteiger partial charge < -0.3 is 9.66 Å². The Morgan fingerprint density at radius 1 is 1.39 bits per heavy atom. The third kappa shape index (κ3) is 1.89. The van der Waals surface area contributed by atoms with Crippen LogP contribution in [0.25, 0.3) is 0 Å². The Balaban J connectivity index is 2.11. The van der Waals surface area contributed by atoms with Crippen LogP contribution in [-0.4, -0.2) is 48.8 Å². The summed E-state index contributed by atoms with van der Waals surface area (Å²) < 4.78 is 24.7. The first kappa shape index (κ1) is 16.3. The van der Waals surface area contributed by atoms with Gasteiger partial charge in [0, 0.05) is 6.42 Å². The molecule has 2 aliphatic rings. The smallest absolute Gasteiger partial charge is 0.335 e. The molecule has 1 aromatic rings. The predicted octanol–water partition coefficient (Wildman–Crippen LogP) is 1.35. The van der Waals surface area contributed by atoms with Crippen LogP contribution in [0, 0.1) is 5.92 Å². The summed E-state index contributed by atoms with van der Waals surface area (Å²) in [4.78, 5) is 25.7. The second-order valence-corrected chi connectivity index (χ2v) is 8.59. The van der Waals surface area contributed by atoms with Gasteiger partial charge in [-0.3, -0.25) is 9.69 Å². The fourth-order valence-corrected chi connectivity index (χ4v) is 5.86. The van der Waals surface area contributed by atoms with Gasteiger partial charge in [0.05, 0.1) is 0 Å². The van der Waals surface area contributed by atoms with Crippen LogP contribution in [0.1, 0.15) is 19.4 Å². The fraction of sp³-hybridized carbons (Fsp3) is 0.500. The Labute approximate surface area is 136 Å². The number of aliphatic carboxylic acids is 1. The molecular formula is C16H18FNO4S. The van der Waals surface area contributed by atoms with E-state index in [2.05, 4.69) is 0 Å². The number of hydrogen-bond acceptors (Lipinski definition) is 3. The van der Waals surface area contributed by atoms with Crippen molar-refractivity contribution in [3.63, 3.8) is 0 Å². The maximum atomic E-state index is 13.1. The number of carboxylic acids is 1. The Hall–Kier alpha value is -1.60. The molecule has 0 spiro atoms. The number of carboxylic acid groups (broad SMARTS) is 1. The largest absolute Gasteiger partial charge is 0.614 e. The third-order valence-corrected chi connectivity index (χ3v) is 7.43. The highest BCUT2D eigenvalue weighted by Gasteiger charge is 2.80. The summed E-state index contributed by atoms with van der Waals surface area (Å²) in [6.07, 6.45) is 0.0448. The lowest BCUT2D eigenvalue weighted by Gasteiger charge is -2.45. The van der Waals surface area contributed by atoms with Crippen LogP contribution >= 0.6 is 0 Å². The summed E-state index contributed by atoms with van der Waals surface area (Å²) in [7, 11) is 0. The number of alkyl halides is 1. The van der Waals surface area contributed by atoms with Crippen molar-refractivity contribution in [1.82, 2.24) is 4.90 Å². The van der Waals surface area contributed by atoms with Crippen molar-refractivity contribution in [1.29, 1.82) is 0 Å². The first-order valence-electron chi connectivity index (χ1n) is 7.36. The average molecular weight is 339 g/mol. The first-order valence-corrected chi connectivity index (χ1v) is 8.57. The minimum Gasteiger partial charge on any atom is -0.614 e. The van der Waals surface area contributed by atoms with Gasteiger partial charge in [-0.1, -0.05) is 30.3 Å². The number of rotatable bonds is 4. The van der Waals surface area contributed by atoms with Crippen molar-refractivity contribution >= 4 is 23.1 Å². The van der Waals surface area contributed by atoms with Gasteiger partial charge in [0.1, 0.15) is 12.6 Å². The zero-order valence-electron chi connectivity index (χ0n) is 12.9. The van der Waals surface area contributed by atoms with Crippen LogP contribution in [0.3, 0.4) is 0 Å². The second-order valence-electron chi connectivity index (χ2n) is 6.50. The summed E-state index contributed by atoms with van der Waals surface area (Å²) in [5.41, 5.74) is -0.899. The second kappa shape index (κ2) is 5.21. The molecule has 2 saturated heterocycles. The van der Waals surface area contributed by atoms with Crippen molar-refractivity contribution in [2.24, 2.45) is 5.92 Å². The van der Waals surface area contributed by atoms with E-state index in [9.17, 15) is 23.6 Å². The van der Waals surface area contributed by atoms with E-state index < -0.39 is 51.3 Å². The fourth-order valence-electron chi connectivity index (χ4n) is 3.70. The molecule has 124 valence electrons. The van der Waals surface area contributed by atoms with Crippen molar-refractivity contribution in [3.05, 3.63) is 35.9 Å². The minimum atomic E-state index is -1.65. The molecule has 2 aliphatic heterocycles. The van der Waals surface area contributed by atoms with Crippen LogP contribution in [-0.2, 0) is 27.2 Å². The molecule has 3 rings (SSSR count). The van der Waals surface area contributed by atoms with Crippen LogP contribution in [0.4, 0.5) is 4.39 Å². The quantitative estimate of drug-likeness (QED) is 0.663. The zero-order chi connectivity index (χ0) is 17.0. The number of benzene rings is 1. The van der Waals surface area contributed by atoms with Crippen molar-refractivity contribution in [2.45, 2.75) is 35.9 Å². The molecule has 1 N–H and O–H groups in total. The Morgan fingerprint density at radius 3 is 2.52 bits per heavy atom. The number of fused-ring (bicyclic) bond motifs is 1. The molecule has 4 atom stereocenters. The van der Waals surface area contributed by atoms with E-state index in [4.69, 9.17) is 0 Å². The van der Waals surface area contributed by atoms with Gasteiger partial charge in [-0.15, -0.1) is 0 Å². The van der Waals surface area contributed by atoms with E-state index in [1.165, 1.54) is 0 Å². The molecule has 2 fully saturated rings. The lowest BCUT2D eigenvalue weighted by atomic mass is 9.75. The van der Waals surface area contributed by atoms with E-state index in [0.29, 0.717) is 0 Å². The monoisotopic (exact) mass is 339 g/mol. The number of carbonyl (C=O) groups excluding carboxylic acids is 1. The molecule has 1 amide bonds. The highest BCUT2D eigenvalue weighted by molar-refractivity contribution is 7.94. The molecule has 0 saturated carbocycles. The summed E-state index contributed by atoms with van der Waals surface area (Å²) in [6, 6.07) is 8.92. The summed E-state index contributed by atoms with van der Waals surface area (Å²) in [6.45, 7) is 2.25. The molecule has 23 heavy (non-hydrogen) atoms. The summed E-state index contributed by atoms with van der Waals surface area (Å²) >= 11 is -1.65. The van der Waals surface area contributed by atoms with Crippen LogP contribution in [0.15, 0.2) is 30.3 Å². The zero-order valence-corrected chi connectivity index (χ0v) is 13.7. The van der Waals surface area contributed by atoms with Crippen LogP contribution < -0.4 is 0 Å². The van der Waals surface area contributed by atoms with E-state index in [1.54, 1.807) is 38.1 Å². The number of β-lactam (4-membered cyclic amide) rings is 1. The van der Waals surface area contributed by atoms with E-state index >= 15 is 0 Å². The van der Waals surface area contributed by atoms with Crippen LogP contribution in [0.2, 0.25) is 0 Å². The van der Waals surface area contributed by atoms with E-state index in [1.807, 2.05) is 6.07 Å². The molecule has 0 bridgehead atoms. The van der Waals surface area contributed by atoms with Crippen LogP contribution in [0.5, 0.6) is 0 Å². The van der Waals surface area contributed by atoms with E-state index in [0.717, 1.165) is 10.5 Å². The molecule has 0 radical (unpaired) electrons. The molecule has 0 aliphatic carbocycles. The first-order chi connectivity index (χ1) is 10.8. The number of nitrogens with zero attached hydrogens (tertiary/aromatic N) is 1. The molecule has 2 heterocycles. The Kier molecular flexibility index (Phi) is 3.68. The minimum absolute atomic E-state index is 0.0448. The molecule has 1 aromatic carbocycles. The van der Waals surface area contributed by atoms with Gasteiger partial charge in [0.2, 0.25) is 11.3 Å². The highest BCUT2D eigenvalue weighted by atomic mass is 32.2. The lowest BCUT2D eigenvalue weighted by Crippen LogP contribution is -2.71. The average Bonchev–Trinajstić information content (AvgIpc) is 2.65. The topological polar surface area (TPSA) is 80.7 Å². The van der Waals surface area contributed by atoms with E-state index in [-0.39, 0.29) is 6.42 Å².